The Morgan fingerprint density at radius 1 is 1.38 bits per heavy atom. The summed E-state index contributed by atoms with van der Waals surface area (Å²) < 4.78 is 5.41. The van der Waals surface area contributed by atoms with Crippen LogP contribution in [0, 0.1) is 5.92 Å². The topological polar surface area (TPSA) is 41.6 Å². The van der Waals surface area contributed by atoms with E-state index in [9.17, 15) is 4.79 Å². The number of carbonyl (C=O) groups is 1. The molecule has 0 aromatic carbocycles. The average molecular weight is 228 g/mol. The molecule has 0 unspecified atom stereocenters. The van der Waals surface area contributed by atoms with Crippen LogP contribution < -0.4 is 5.32 Å². The third-order valence-electron chi connectivity index (χ3n) is 2.61. The van der Waals surface area contributed by atoms with E-state index < -0.39 is 0 Å². The van der Waals surface area contributed by atoms with Crippen LogP contribution in [-0.4, -0.2) is 50.2 Å². The normalized spacial score (nSPS) is 16.1. The molecule has 0 saturated carbocycles. The molecule has 1 aliphatic heterocycles. The van der Waals surface area contributed by atoms with Gasteiger partial charge < -0.3 is 15.0 Å². The third kappa shape index (κ3) is 5.47. The maximum absolute atomic E-state index is 11.6. The molecular weight excluding hydrogens is 204 g/mol. The zero-order valence-corrected chi connectivity index (χ0v) is 10.5. The van der Waals surface area contributed by atoms with E-state index in [2.05, 4.69) is 19.2 Å². The summed E-state index contributed by atoms with van der Waals surface area (Å²) >= 11 is 0. The Morgan fingerprint density at radius 2 is 2.06 bits per heavy atom. The van der Waals surface area contributed by atoms with Crippen LogP contribution in [0.4, 0.5) is 0 Å². The lowest BCUT2D eigenvalue weighted by Crippen LogP contribution is -2.37. The fourth-order valence-electron chi connectivity index (χ4n) is 1.74. The van der Waals surface area contributed by atoms with Gasteiger partial charge in [0.05, 0.1) is 13.2 Å². The van der Waals surface area contributed by atoms with E-state index in [0.717, 1.165) is 39.1 Å². The molecule has 1 rings (SSSR count). The standard InChI is InChI=1S/C12H24N2O2/c1-11(2)10-16-8-5-13-9-12(15)14-6-3-4-7-14/h11,13H,3-10H2,1-2H3. The predicted octanol–water partition coefficient (Wildman–Crippen LogP) is 0.871. The number of nitrogens with zero attached hydrogens (tertiary/aromatic N) is 1. The molecule has 94 valence electrons. The first kappa shape index (κ1) is 13.5. The summed E-state index contributed by atoms with van der Waals surface area (Å²) in [5.41, 5.74) is 0. The summed E-state index contributed by atoms with van der Waals surface area (Å²) in [6.45, 7) is 8.81. The summed E-state index contributed by atoms with van der Waals surface area (Å²) in [5, 5.41) is 3.12. The summed E-state index contributed by atoms with van der Waals surface area (Å²) in [6, 6.07) is 0. The van der Waals surface area contributed by atoms with E-state index in [1.807, 2.05) is 4.90 Å². The van der Waals surface area contributed by atoms with E-state index in [-0.39, 0.29) is 5.91 Å². The number of carbonyl (C=O) groups excluding carboxylic acids is 1. The SMILES string of the molecule is CC(C)COCCNCC(=O)N1CCCC1. The minimum Gasteiger partial charge on any atom is -0.380 e. The van der Waals surface area contributed by atoms with Crippen molar-refractivity contribution in [1.29, 1.82) is 0 Å². The molecule has 0 atom stereocenters. The van der Waals surface area contributed by atoms with Crippen molar-refractivity contribution in [1.82, 2.24) is 10.2 Å². The van der Waals surface area contributed by atoms with Crippen molar-refractivity contribution in [2.24, 2.45) is 5.92 Å². The van der Waals surface area contributed by atoms with Gasteiger partial charge in [-0.15, -0.1) is 0 Å². The van der Waals surface area contributed by atoms with Crippen molar-refractivity contribution in [2.75, 3.05) is 39.4 Å². The average Bonchev–Trinajstić information content (AvgIpc) is 2.75. The van der Waals surface area contributed by atoms with E-state index in [0.29, 0.717) is 19.1 Å². The van der Waals surface area contributed by atoms with Crippen LogP contribution in [0.2, 0.25) is 0 Å². The smallest absolute Gasteiger partial charge is 0.236 e. The number of amides is 1. The second-order valence-electron chi connectivity index (χ2n) is 4.73. The van der Waals surface area contributed by atoms with Crippen molar-refractivity contribution in [3.8, 4) is 0 Å². The molecule has 1 amide bonds. The summed E-state index contributed by atoms with van der Waals surface area (Å²) in [4.78, 5) is 13.5. The first-order chi connectivity index (χ1) is 7.70. The van der Waals surface area contributed by atoms with Gasteiger partial charge in [0, 0.05) is 26.2 Å². The lowest BCUT2D eigenvalue weighted by atomic mass is 10.2. The van der Waals surface area contributed by atoms with E-state index in [1.165, 1.54) is 0 Å². The van der Waals surface area contributed by atoms with Crippen molar-refractivity contribution in [3.63, 3.8) is 0 Å². The van der Waals surface area contributed by atoms with Gasteiger partial charge in [-0.1, -0.05) is 13.8 Å². The van der Waals surface area contributed by atoms with Crippen LogP contribution in [0.3, 0.4) is 0 Å². The lowest BCUT2D eigenvalue weighted by Gasteiger charge is -2.15. The van der Waals surface area contributed by atoms with Crippen LogP contribution in [0.5, 0.6) is 0 Å². The van der Waals surface area contributed by atoms with E-state index in [4.69, 9.17) is 4.74 Å². The first-order valence-electron chi connectivity index (χ1n) is 6.26. The third-order valence-corrected chi connectivity index (χ3v) is 2.61. The van der Waals surface area contributed by atoms with Gasteiger partial charge >= 0.3 is 0 Å². The molecule has 0 aliphatic carbocycles. The quantitative estimate of drug-likeness (QED) is 0.657. The zero-order chi connectivity index (χ0) is 11.8. The molecule has 1 heterocycles. The molecular formula is C12H24N2O2. The van der Waals surface area contributed by atoms with Gasteiger partial charge in [-0.2, -0.15) is 0 Å². The Morgan fingerprint density at radius 3 is 2.69 bits per heavy atom. The van der Waals surface area contributed by atoms with E-state index >= 15 is 0 Å². The molecule has 0 radical (unpaired) electrons. The largest absolute Gasteiger partial charge is 0.380 e. The number of nitrogens with one attached hydrogen (secondary N) is 1. The Labute approximate surface area is 98.3 Å². The molecule has 1 N–H and O–H groups in total. The van der Waals surface area contributed by atoms with Crippen LogP contribution in [-0.2, 0) is 9.53 Å². The molecule has 0 aromatic heterocycles. The minimum absolute atomic E-state index is 0.223. The van der Waals surface area contributed by atoms with Crippen LogP contribution >= 0.6 is 0 Å². The molecule has 16 heavy (non-hydrogen) atoms. The molecule has 1 fully saturated rings. The molecule has 4 heteroatoms. The van der Waals surface area contributed by atoms with Crippen molar-refractivity contribution >= 4 is 5.91 Å². The number of hydrogen-bond acceptors (Lipinski definition) is 3. The highest BCUT2D eigenvalue weighted by molar-refractivity contribution is 5.78. The van der Waals surface area contributed by atoms with Gasteiger partial charge in [-0.05, 0) is 18.8 Å². The van der Waals surface area contributed by atoms with Gasteiger partial charge in [-0.3, -0.25) is 4.79 Å². The second-order valence-corrected chi connectivity index (χ2v) is 4.73. The fourth-order valence-corrected chi connectivity index (χ4v) is 1.74. The minimum atomic E-state index is 0.223. The van der Waals surface area contributed by atoms with Gasteiger partial charge in [-0.25, -0.2) is 0 Å². The molecule has 0 spiro atoms. The molecule has 0 aromatic rings. The van der Waals surface area contributed by atoms with Gasteiger partial charge in [0.1, 0.15) is 0 Å². The summed E-state index contributed by atoms with van der Waals surface area (Å²) in [6.07, 6.45) is 2.31. The number of hydrogen-bond donors (Lipinski definition) is 1. The highest BCUT2D eigenvalue weighted by atomic mass is 16.5. The highest BCUT2D eigenvalue weighted by Crippen LogP contribution is 2.06. The van der Waals surface area contributed by atoms with Gasteiger partial charge in [0.2, 0.25) is 5.91 Å². The highest BCUT2D eigenvalue weighted by Gasteiger charge is 2.16. The van der Waals surface area contributed by atoms with Crippen molar-refractivity contribution < 1.29 is 9.53 Å². The Balaban J connectivity index is 1.92. The predicted molar refractivity (Wildman–Crippen MR) is 64.3 cm³/mol. The van der Waals surface area contributed by atoms with Crippen molar-refractivity contribution in [3.05, 3.63) is 0 Å². The van der Waals surface area contributed by atoms with Crippen molar-refractivity contribution in [2.45, 2.75) is 26.7 Å². The van der Waals surface area contributed by atoms with Gasteiger partial charge in [0.25, 0.3) is 0 Å². The summed E-state index contributed by atoms with van der Waals surface area (Å²) in [7, 11) is 0. The summed E-state index contributed by atoms with van der Waals surface area (Å²) in [5.74, 6) is 0.799. The molecule has 4 nitrogen and oxygen atoms in total. The Kier molecular flexibility index (Phi) is 6.42. The maximum atomic E-state index is 11.6. The van der Waals surface area contributed by atoms with Crippen LogP contribution in [0.15, 0.2) is 0 Å². The lowest BCUT2D eigenvalue weighted by molar-refractivity contribution is -0.129. The fraction of sp³-hybridized carbons (Fsp3) is 0.917. The molecule has 1 saturated heterocycles. The van der Waals surface area contributed by atoms with Crippen LogP contribution in [0.25, 0.3) is 0 Å². The van der Waals surface area contributed by atoms with E-state index in [1.54, 1.807) is 0 Å². The zero-order valence-electron chi connectivity index (χ0n) is 10.5. The first-order valence-corrected chi connectivity index (χ1v) is 6.26. The number of likely N-dealkylation sites (tertiary alicyclic amines) is 1. The molecule has 1 aliphatic rings. The Bertz CT molecular complexity index is 201. The number of ether oxygens (including phenoxy) is 1. The monoisotopic (exact) mass is 228 g/mol. The maximum Gasteiger partial charge on any atom is 0.236 e. The van der Waals surface area contributed by atoms with Gasteiger partial charge in [0.15, 0.2) is 0 Å². The Hall–Kier alpha value is -0.610. The second kappa shape index (κ2) is 7.63. The van der Waals surface area contributed by atoms with Crippen LogP contribution in [0.1, 0.15) is 26.7 Å². The number of rotatable bonds is 7. The molecule has 0 bridgehead atoms.